The third-order valence-electron chi connectivity index (χ3n) is 4.77. The molecule has 0 bridgehead atoms. The van der Waals surface area contributed by atoms with Crippen molar-refractivity contribution in [2.75, 3.05) is 11.1 Å². The van der Waals surface area contributed by atoms with Crippen molar-refractivity contribution in [3.63, 3.8) is 0 Å². The van der Waals surface area contributed by atoms with Gasteiger partial charge < -0.3 is 5.32 Å². The van der Waals surface area contributed by atoms with Gasteiger partial charge in [-0.05, 0) is 48.7 Å². The number of amides is 1. The van der Waals surface area contributed by atoms with E-state index in [-0.39, 0.29) is 21.8 Å². The topological polar surface area (TPSA) is 87.0 Å². The Kier molecular flexibility index (Phi) is 6.76. The van der Waals surface area contributed by atoms with Crippen LogP contribution in [-0.4, -0.2) is 25.3 Å². The van der Waals surface area contributed by atoms with E-state index < -0.39 is 9.84 Å². The molecule has 0 spiro atoms. The van der Waals surface area contributed by atoms with Gasteiger partial charge in [0.25, 0.3) is 0 Å². The standard InChI is InChI=1S/C21H22N2O3S2/c22-13-16-8-10-17(11-9-16)14-27-15-21(24)23-18-4-3-7-20(12-18)28(25,26)19-5-1-2-6-19/h3-4,7-12,19H,1-2,5-6,14-15H2,(H,23,24). The van der Waals surface area contributed by atoms with E-state index in [0.29, 0.717) is 29.8 Å². The molecule has 1 saturated carbocycles. The Balaban J connectivity index is 1.54. The van der Waals surface area contributed by atoms with Gasteiger partial charge in [-0.3, -0.25) is 4.79 Å². The van der Waals surface area contributed by atoms with Crippen LogP contribution in [0.2, 0.25) is 0 Å². The average Bonchev–Trinajstić information content (AvgIpc) is 3.24. The van der Waals surface area contributed by atoms with Gasteiger partial charge in [0.1, 0.15) is 0 Å². The number of hydrogen-bond donors (Lipinski definition) is 1. The molecule has 1 aliphatic rings. The predicted octanol–water partition coefficient (Wildman–Crippen LogP) is 4.15. The van der Waals surface area contributed by atoms with Crippen LogP contribution in [0.1, 0.15) is 36.8 Å². The Morgan fingerprint density at radius 2 is 1.86 bits per heavy atom. The first-order valence-corrected chi connectivity index (χ1v) is 11.9. The normalized spacial score (nSPS) is 14.5. The van der Waals surface area contributed by atoms with E-state index in [1.165, 1.54) is 11.8 Å². The molecular weight excluding hydrogens is 392 g/mol. The van der Waals surface area contributed by atoms with E-state index in [1.807, 2.05) is 12.1 Å². The Morgan fingerprint density at radius 1 is 1.14 bits per heavy atom. The number of carbonyl (C=O) groups excluding carboxylic acids is 1. The molecule has 7 heteroatoms. The molecule has 0 saturated heterocycles. The summed E-state index contributed by atoms with van der Waals surface area (Å²) in [6.45, 7) is 0. The SMILES string of the molecule is N#Cc1ccc(CSCC(=O)Nc2cccc(S(=O)(=O)C3CCCC3)c2)cc1. The largest absolute Gasteiger partial charge is 0.325 e. The van der Waals surface area contributed by atoms with Crippen molar-refractivity contribution in [3.8, 4) is 6.07 Å². The number of benzene rings is 2. The van der Waals surface area contributed by atoms with Crippen molar-refractivity contribution in [2.45, 2.75) is 41.6 Å². The molecule has 0 heterocycles. The van der Waals surface area contributed by atoms with Crippen LogP contribution < -0.4 is 5.32 Å². The van der Waals surface area contributed by atoms with E-state index in [2.05, 4.69) is 11.4 Å². The van der Waals surface area contributed by atoms with Gasteiger partial charge in [-0.25, -0.2) is 8.42 Å². The number of nitrogens with one attached hydrogen (secondary N) is 1. The van der Waals surface area contributed by atoms with E-state index >= 15 is 0 Å². The van der Waals surface area contributed by atoms with Crippen LogP contribution in [0.3, 0.4) is 0 Å². The number of nitriles is 1. The summed E-state index contributed by atoms with van der Waals surface area (Å²) in [6.07, 6.45) is 3.34. The maximum absolute atomic E-state index is 12.7. The highest BCUT2D eigenvalue weighted by Gasteiger charge is 2.30. The van der Waals surface area contributed by atoms with E-state index in [1.54, 1.807) is 36.4 Å². The molecule has 0 radical (unpaired) electrons. The summed E-state index contributed by atoms with van der Waals surface area (Å²) in [5, 5.41) is 11.3. The molecule has 0 aromatic heterocycles. The summed E-state index contributed by atoms with van der Waals surface area (Å²) in [5.74, 6) is 0.753. The Hall–Kier alpha value is -2.30. The molecule has 1 N–H and O–H groups in total. The van der Waals surface area contributed by atoms with Crippen molar-refractivity contribution < 1.29 is 13.2 Å². The molecule has 5 nitrogen and oxygen atoms in total. The lowest BCUT2D eigenvalue weighted by Crippen LogP contribution is -2.18. The number of thioether (sulfide) groups is 1. The molecule has 2 aromatic carbocycles. The van der Waals surface area contributed by atoms with Gasteiger partial charge in [-0.15, -0.1) is 11.8 Å². The maximum Gasteiger partial charge on any atom is 0.234 e. The summed E-state index contributed by atoms with van der Waals surface area (Å²) < 4.78 is 25.4. The van der Waals surface area contributed by atoms with Gasteiger partial charge in [0.15, 0.2) is 9.84 Å². The summed E-state index contributed by atoms with van der Waals surface area (Å²) in [4.78, 5) is 12.5. The number of nitrogens with zero attached hydrogens (tertiary/aromatic N) is 1. The van der Waals surface area contributed by atoms with Gasteiger partial charge in [0, 0.05) is 11.4 Å². The second-order valence-electron chi connectivity index (χ2n) is 6.83. The van der Waals surface area contributed by atoms with E-state index in [4.69, 9.17) is 5.26 Å². The van der Waals surface area contributed by atoms with E-state index in [9.17, 15) is 13.2 Å². The molecule has 2 aromatic rings. The third-order valence-corrected chi connectivity index (χ3v) is 8.04. The van der Waals surface area contributed by atoms with Crippen LogP contribution >= 0.6 is 11.8 Å². The second-order valence-corrected chi connectivity index (χ2v) is 10.0. The fourth-order valence-corrected chi connectivity index (χ4v) is 5.96. The smallest absolute Gasteiger partial charge is 0.234 e. The maximum atomic E-state index is 12.7. The summed E-state index contributed by atoms with van der Waals surface area (Å²) in [5.41, 5.74) is 2.16. The number of rotatable bonds is 7. The van der Waals surface area contributed by atoms with Crippen molar-refractivity contribution >= 4 is 33.2 Å². The minimum absolute atomic E-state index is 0.172. The van der Waals surface area contributed by atoms with Crippen LogP contribution in [0.4, 0.5) is 5.69 Å². The Labute approximate surface area is 170 Å². The van der Waals surface area contributed by atoms with Crippen molar-refractivity contribution in [1.82, 2.24) is 0 Å². The zero-order chi connectivity index (χ0) is 20.0. The first-order valence-electron chi connectivity index (χ1n) is 9.19. The summed E-state index contributed by atoms with van der Waals surface area (Å²) >= 11 is 1.46. The fraction of sp³-hybridized carbons (Fsp3) is 0.333. The number of anilines is 1. The van der Waals surface area contributed by atoms with Crippen molar-refractivity contribution in [3.05, 3.63) is 59.7 Å². The summed E-state index contributed by atoms with van der Waals surface area (Å²) in [7, 11) is -3.34. The molecule has 0 unspecified atom stereocenters. The highest BCUT2D eigenvalue weighted by molar-refractivity contribution is 7.99. The zero-order valence-electron chi connectivity index (χ0n) is 15.4. The minimum atomic E-state index is -3.34. The molecule has 0 atom stereocenters. The molecule has 28 heavy (non-hydrogen) atoms. The number of sulfone groups is 1. The van der Waals surface area contributed by atoms with Crippen LogP contribution in [0.25, 0.3) is 0 Å². The monoisotopic (exact) mass is 414 g/mol. The lowest BCUT2D eigenvalue weighted by atomic mass is 10.2. The van der Waals surface area contributed by atoms with Crippen molar-refractivity contribution in [1.29, 1.82) is 5.26 Å². The van der Waals surface area contributed by atoms with Crippen LogP contribution in [-0.2, 0) is 20.4 Å². The number of carbonyl (C=O) groups is 1. The third kappa shape index (κ3) is 5.15. The first kappa shape index (κ1) is 20.4. The van der Waals surface area contributed by atoms with Gasteiger partial charge in [0.05, 0.1) is 27.5 Å². The zero-order valence-corrected chi connectivity index (χ0v) is 17.1. The molecule has 1 amide bonds. The lowest BCUT2D eigenvalue weighted by Gasteiger charge is -2.12. The first-order chi connectivity index (χ1) is 13.5. The summed E-state index contributed by atoms with van der Waals surface area (Å²) in [6, 6.07) is 15.9. The van der Waals surface area contributed by atoms with Crippen LogP contribution in [0.15, 0.2) is 53.4 Å². The quantitative estimate of drug-likeness (QED) is 0.735. The minimum Gasteiger partial charge on any atom is -0.325 e. The average molecular weight is 415 g/mol. The van der Waals surface area contributed by atoms with Gasteiger partial charge in [0.2, 0.25) is 5.91 Å². The van der Waals surface area contributed by atoms with Crippen LogP contribution in [0.5, 0.6) is 0 Å². The molecule has 1 fully saturated rings. The van der Waals surface area contributed by atoms with Gasteiger partial charge in [-0.2, -0.15) is 5.26 Å². The Morgan fingerprint density at radius 3 is 2.54 bits per heavy atom. The molecule has 0 aliphatic heterocycles. The molecule has 146 valence electrons. The Bertz CT molecular complexity index is 973. The number of hydrogen-bond acceptors (Lipinski definition) is 5. The predicted molar refractivity (Wildman–Crippen MR) is 112 cm³/mol. The van der Waals surface area contributed by atoms with Gasteiger partial charge in [-0.1, -0.05) is 31.0 Å². The van der Waals surface area contributed by atoms with Gasteiger partial charge >= 0.3 is 0 Å². The van der Waals surface area contributed by atoms with Crippen LogP contribution in [0, 0.1) is 11.3 Å². The second kappa shape index (κ2) is 9.26. The molecular formula is C21H22N2O3S2. The van der Waals surface area contributed by atoms with E-state index in [0.717, 1.165) is 18.4 Å². The molecule has 3 rings (SSSR count). The highest BCUT2D eigenvalue weighted by atomic mass is 32.2. The fourth-order valence-electron chi connectivity index (χ4n) is 3.28. The van der Waals surface area contributed by atoms with Crippen molar-refractivity contribution in [2.24, 2.45) is 0 Å². The highest BCUT2D eigenvalue weighted by Crippen LogP contribution is 2.30. The molecule has 1 aliphatic carbocycles. The lowest BCUT2D eigenvalue weighted by molar-refractivity contribution is -0.113.